The van der Waals surface area contributed by atoms with Crippen molar-refractivity contribution in [1.82, 2.24) is 9.47 Å². The Morgan fingerprint density at radius 3 is 2.35 bits per heavy atom. The van der Waals surface area contributed by atoms with E-state index < -0.39 is 11.7 Å². The van der Waals surface area contributed by atoms with Crippen molar-refractivity contribution in [3.8, 4) is 0 Å². The Kier molecular flexibility index (Phi) is 5.43. The van der Waals surface area contributed by atoms with Crippen LogP contribution in [0.1, 0.15) is 29.8 Å². The van der Waals surface area contributed by atoms with Crippen LogP contribution in [0.2, 0.25) is 5.02 Å². The van der Waals surface area contributed by atoms with Crippen LogP contribution < -0.4 is 0 Å². The molecule has 1 heterocycles. The lowest BCUT2D eigenvalue weighted by molar-refractivity contribution is -0.126. The number of benzene rings is 2. The fraction of sp³-hybridized carbons (Fsp3) is 0.238. The third kappa shape index (κ3) is 3.37. The molecule has 26 heavy (non-hydrogen) atoms. The second-order valence-corrected chi connectivity index (χ2v) is 6.49. The Morgan fingerprint density at radius 2 is 1.65 bits per heavy atom. The van der Waals surface area contributed by atoms with Crippen LogP contribution in [0.15, 0.2) is 54.7 Å². The van der Waals surface area contributed by atoms with Gasteiger partial charge in [-0.25, -0.2) is 0 Å². The smallest absolute Gasteiger partial charge is 0.295 e. The van der Waals surface area contributed by atoms with Gasteiger partial charge in [-0.05, 0) is 31.5 Å². The van der Waals surface area contributed by atoms with Gasteiger partial charge in [0, 0.05) is 41.8 Å². The molecule has 0 fully saturated rings. The maximum Gasteiger partial charge on any atom is 0.295 e. The Labute approximate surface area is 158 Å². The molecule has 0 aliphatic heterocycles. The highest BCUT2D eigenvalue weighted by atomic mass is 35.5. The van der Waals surface area contributed by atoms with Gasteiger partial charge < -0.3 is 9.47 Å². The number of likely N-dealkylation sites (N-methyl/N-ethyl adjacent to an activating group) is 1. The first-order chi connectivity index (χ1) is 12.6. The first-order valence-electron chi connectivity index (χ1n) is 8.71. The summed E-state index contributed by atoms with van der Waals surface area (Å²) < 4.78 is 1.97. The summed E-state index contributed by atoms with van der Waals surface area (Å²) in [6, 6.07) is 15.2. The van der Waals surface area contributed by atoms with Crippen LogP contribution >= 0.6 is 11.6 Å². The fourth-order valence-electron chi connectivity index (χ4n) is 3.14. The van der Waals surface area contributed by atoms with Crippen LogP contribution in [0.25, 0.3) is 10.9 Å². The molecule has 0 aliphatic carbocycles. The lowest BCUT2D eigenvalue weighted by Crippen LogP contribution is -2.36. The molecule has 1 aromatic heterocycles. The van der Waals surface area contributed by atoms with E-state index in [4.69, 9.17) is 11.6 Å². The van der Waals surface area contributed by atoms with E-state index in [1.165, 1.54) is 0 Å². The van der Waals surface area contributed by atoms with Crippen molar-refractivity contribution in [2.75, 3.05) is 13.1 Å². The van der Waals surface area contributed by atoms with Crippen LogP contribution in [0.3, 0.4) is 0 Å². The first kappa shape index (κ1) is 18.2. The van der Waals surface area contributed by atoms with E-state index in [0.29, 0.717) is 30.2 Å². The number of nitrogens with zero attached hydrogens (tertiary/aromatic N) is 2. The molecule has 0 radical (unpaired) electrons. The number of hydrogen-bond acceptors (Lipinski definition) is 2. The van der Waals surface area contributed by atoms with Crippen molar-refractivity contribution in [3.63, 3.8) is 0 Å². The molecular weight excluding hydrogens is 348 g/mol. The van der Waals surface area contributed by atoms with E-state index in [-0.39, 0.29) is 0 Å². The summed E-state index contributed by atoms with van der Waals surface area (Å²) in [5.41, 5.74) is 2.30. The number of fused-ring (bicyclic) bond motifs is 1. The van der Waals surface area contributed by atoms with Crippen molar-refractivity contribution in [1.29, 1.82) is 0 Å². The summed E-state index contributed by atoms with van der Waals surface area (Å²) in [5.74, 6) is -0.932. The van der Waals surface area contributed by atoms with Gasteiger partial charge in [0.15, 0.2) is 0 Å². The Morgan fingerprint density at radius 1 is 1.00 bits per heavy atom. The van der Waals surface area contributed by atoms with Crippen molar-refractivity contribution in [2.24, 2.45) is 0 Å². The fourth-order valence-corrected chi connectivity index (χ4v) is 3.33. The maximum atomic E-state index is 12.8. The highest BCUT2D eigenvalue weighted by Gasteiger charge is 2.24. The predicted octanol–water partition coefficient (Wildman–Crippen LogP) is 4.39. The zero-order valence-electron chi connectivity index (χ0n) is 14.9. The van der Waals surface area contributed by atoms with Gasteiger partial charge >= 0.3 is 0 Å². The number of hydrogen-bond donors (Lipinski definition) is 0. The summed E-state index contributed by atoms with van der Waals surface area (Å²) in [6.07, 6.45) is 1.76. The molecule has 5 heteroatoms. The maximum absolute atomic E-state index is 12.8. The highest BCUT2D eigenvalue weighted by Crippen LogP contribution is 2.25. The van der Waals surface area contributed by atoms with Gasteiger partial charge in [0.1, 0.15) is 0 Å². The largest absolute Gasteiger partial charge is 0.342 e. The topological polar surface area (TPSA) is 42.3 Å². The predicted molar refractivity (Wildman–Crippen MR) is 105 cm³/mol. The number of halogens is 1. The average molecular weight is 369 g/mol. The van der Waals surface area contributed by atoms with Gasteiger partial charge in [-0.3, -0.25) is 9.59 Å². The van der Waals surface area contributed by atoms with Crippen LogP contribution in [-0.2, 0) is 11.3 Å². The average Bonchev–Trinajstić information content (AvgIpc) is 3.02. The summed E-state index contributed by atoms with van der Waals surface area (Å²) in [7, 11) is 0. The van der Waals surface area contributed by atoms with E-state index >= 15 is 0 Å². The quantitative estimate of drug-likeness (QED) is 0.478. The van der Waals surface area contributed by atoms with E-state index in [0.717, 1.165) is 16.5 Å². The second-order valence-electron chi connectivity index (χ2n) is 6.09. The monoisotopic (exact) mass is 368 g/mol. The summed E-state index contributed by atoms with van der Waals surface area (Å²) in [5, 5.41) is 1.46. The minimum absolute atomic E-state index is 0.435. The Hall–Kier alpha value is -2.59. The van der Waals surface area contributed by atoms with Crippen LogP contribution in [0.5, 0.6) is 0 Å². The minimum atomic E-state index is -0.470. The molecule has 0 saturated carbocycles. The summed E-state index contributed by atoms with van der Waals surface area (Å²) in [6.45, 7) is 5.30. The molecule has 0 unspecified atom stereocenters. The van der Waals surface area contributed by atoms with Crippen molar-refractivity contribution in [3.05, 3.63) is 70.9 Å². The molecule has 0 aliphatic rings. The van der Waals surface area contributed by atoms with Crippen LogP contribution in [-0.4, -0.2) is 34.2 Å². The van der Waals surface area contributed by atoms with Crippen molar-refractivity contribution < 1.29 is 9.59 Å². The molecule has 134 valence electrons. The number of aromatic nitrogens is 1. The van der Waals surface area contributed by atoms with E-state index in [2.05, 4.69) is 0 Å². The molecule has 3 rings (SSSR count). The standard InChI is InChI=1S/C21H21ClN2O2/c1-3-23(4-2)21(26)20(25)17-14-24(19-12-8-6-10-16(17)19)13-15-9-5-7-11-18(15)22/h5-12,14H,3-4,13H2,1-2H3. The summed E-state index contributed by atoms with van der Waals surface area (Å²) in [4.78, 5) is 26.9. The molecular formula is C21H21ClN2O2. The van der Waals surface area contributed by atoms with Gasteiger partial charge in [0.25, 0.3) is 11.7 Å². The first-order valence-corrected chi connectivity index (χ1v) is 9.09. The van der Waals surface area contributed by atoms with E-state index in [9.17, 15) is 9.59 Å². The number of amides is 1. The molecule has 0 atom stereocenters. The lowest BCUT2D eigenvalue weighted by Gasteiger charge is -2.17. The number of carbonyl (C=O) groups excluding carboxylic acids is 2. The van der Waals surface area contributed by atoms with Gasteiger partial charge in [-0.1, -0.05) is 48.0 Å². The van der Waals surface area contributed by atoms with Gasteiger partial charge in [0.2, 0.25) is 0 Å². The van der Waals surface area contributed by atoms with Crippen molar-refractivity contribution in [2.45, 2.75) is 20.4 Å². The molecule has 4 nitrogen and oxygen atoms in total. The lowest BCUT2D eigenvalue weighted by atomic mass is 10.1. The van der Waals surface area contributed by atoms with Crippen LogP contribution in [0, 0.1) is 0 Å². The molecule has 3 aromatic rings. The minimum Gasteiger partial charge on any atom is -0.342 e. The van der Waals surface area contributed by atoms with Crippen LogP contribution in [0.4, 0.5) is 0 Å². The number of rotatable bonds is 6. The third-order valence-electron chi connectivity index (χ3n) is 4.58. The Bertz CT molecular complexity index is 958. The van der Waals surface area contributed by atoms with Gasteiger partial charge in [0.05, 0.1) is 5.56 Å². The SMILES string of the molecule is CCN(CC)C(=O)C(=O)c1cn(Cc2ccccc2Cl)c2ccccc12. The zero-order valence-corrected chi connectivity index (χ0v) is 15.7. The van der Waals surface area contributed by atoms with Gasteiger partial charge in [-0.15, -0.1) is 0 Å². The number of ketones is 1. The zero-order chi connectivity index (χ0) is 18.7. The molecule has 0 saturated heterocycles. The molecule has 2 aromatic carbocycles. The van der Waals surface area contributed by atoms with E-state index in [1.807, 2.05) is 66.9 Å². The highest BCUT2D eigenvalue weighted by molar-refractivity contribution is 6.44. The third-order valence-corrected chi connectivity index (χ3v) is 4.95. The number of Topliss-reactive ketones (excluding diaryl/α,β-unsaturated/α-hetero) is 1. The number of para-hydroxylation sites is 1. The number of carbonyl (C=O) groups is 2. The van der Waals surface area contributed by atoms with E-state index in [1.54, 1.807) is 11.1 Å². The molecule has 0 bridgehead atoms. The molecule has 0 spiro atoms. The Balaban J connectivity index is 2.04. The normalized spacial score (nSPS) is 10.9. The summed E-state index contributed by atoms with van der Waals surface area (Å²) >= 11 is 6.28. The van der Waals surface area contributed by atoms with Gasteiger partial charge in [-0.2, -0.15) is 0 Å². The molecule has 1 amide bonds. The molecule has 0 N–H and O–H groups in total. The second kappa shape index (κ2) is 7.75. The van der Waals surface area contributed by atoms with Crippen molar-refractivity contribution >= 4 is 34.2 Å².